The SMILES string of the molecule is COc1ccc(C(=O)n2cc(C(=O)NN)c3ccccc32)cc1. The molecule has 6 heteroatoms. The van der Waals surface area contributed by atoms with Gasteiger partial charge in [0, 0.05) is 17.1 Å². The first-order valence-corrected chi connectivity index (χ1v) is 6.95. The van der Waals surface area contributed by atoms with Crippen molar-refractivity contribution >= 4 is 22.7 Å². The average Bonchev–Trinajstić information content (AvgIpc) is 3.00. The van der Waals surface area contributed by atoms with E-state index in [9.17, 15) is 9.59 Å². The topological polar surface area (TPSA) is 86.3 Å². The molecule has 0 fully saturated rings. The maximum atomic E-state index is 12.7. The molecule has 3 aromatic rings. The highest BCUT2D eigenvalue weighted by Crippen LogP contribution is 2.23. The van der Waals surface area contributed by atoms with Gasteiger partial charge in [0.2, 0.25) is 0 Å². The lowest BCUT2D eigenvalue weighted by atomic mass is 10.1. The number of methoxy groups -OCH3 is 1. The summed E-state index contributed by atoms with van der Waals surface area (Å²) in [5, 5.41) is 0.664. The van der Waals surface area contributed by atoms with E-state index in [1.54, 1.807) is 49.6 Å². The number of aromatic nitrogens is 1. The van der Waals surface area contributed by atoms with Gasteiger partial charge in [0.25, 0.3) is 11.8 Å². The van der Waals surface area contributed by atoms with Crippen molar-refractivity contribution in [2.24, 2.45) is 5.84 Å². The van der Waals surface area contributed by atoms with Crippen molar-refractivity contribution in [3.05, 3.63) is 65.9 Å². The Bertz CT molecular complexity index is 882. The van der Waals surface area contributed by atoms with Crippen molar-refractivity contribution in [3.8, 4) is 5.75 Å². The highest BCUT2D eigenvalue weighted by molar-refractivity contribution is 6.11. The lowest BCUT2D eigenvalue weighted by Gasteiger charge is -2.05. The summed E-state index contributed by atoms with van der Waals surface area (Å²) in [6, 6.07) is 14.0. The van der Waals surface area contributed by atoms with Crippen LogP contribution < -0.4 is 16.0 Å². The van der Waals surface area contributed by atoms with Crippen LogP contribution in [-0.4, -0.2) is 23.5 Å². The highest BCUT2D eigenvalue weighted by Gasteiger charge is 2.18. The van der Waals surface area contributed by atoms with Gasteiger partial charge in [-0.3, -0.25) is 19.6 Å². The summed E-state index contributed by atoms with van der Waals surface area (Å²) < 4.78 is 6.54. The summed E-state index contributed by atoms with van der Waals surface area (Å²) in [7, 11) is 1.56. The number of ether oxygens (including phenoxy) is 1. The number of nitrogens with two attached hydrogens (primary N) is 1. The van der Waals surface area contributed by atoms with E-state index in [4.69, 9.17) is 10.6 Å². The molecule has 0 spiro atoms. The molecule has 0 saturated carbocycles. The zero-order valence-corrected chi connectivity index (χ0v) is 12.4. The van der Waals surface area contributed by atoms with Gasteiger partial charge in [0.15, 0.2) is 0 Å². The van der Waals surface area contributed by atoms with Crippen molar-refractivity contribution in [1.29, 1.82) is 0 Å². The molecule has 116 valence electrons. The van der Waals surface area contributed by atoms with Crippen LogP contribution in [0.25, 0.3) is 10.9 Å². The molecule has 23 heavy (non-hydrogen) atoms. The average molecular weight is 309 g/mol. The predicted molar refractivity (Wildman–Crippen MR) is 86.3 cm³/mol. The maximum Gasteiger partial charge on any atom is 0.267 e. The number of rotatable bonds is 3. The van der Waals surface area contributed by atoms with Crippen LogP contribution in [0.1, 0.15) is 20.7 Å². The number of carbonyl (C=O) groups excluding carboxylic acids is 2. The van der Waals surface area contributed by atoms with Crippen molar-refractivity contribution in [1.82, 2.24) is 9.99 Å². The van der Waals surface area contributed by atoms with E-state index < -0.39 is 5.91 Å². The molecule has 0 radical (unpaired) electrons. The lowest BCUT2D eigenvalue weighted by molar-refractivity contribution is 0.0955. The molecule has 1 aromatic heterocycles. The maximum absolute atomic E-state index is 12.7. The molecule has 0 aliphatic carbocycles. The minimum atomic E-state index is -0.442. The van der Waals surface area contributed by atoms with Crippen LogP contribution in [0.15, 0.2) is 54.7 Å². The van der Waals surface area contributed by atoms with Crippen LogP contribution in [0.5, 0.6) is 5.75 Å². The molecule has 1 amide bonds. The number of carbonyl (C=O) groups is 2. The molecular formula is C17H15N3O3. The highest BCUT2D eigenvalue weighted by atomic mass is 16.5. The summed E-state index contributed by atoms with van der Waals surface area (Å²) >= 11 is 0. The number of para-hydroxylation sites is 1. The van der Waals surface area contributed by atoms with E-state index in [2.05, 4.69) is 5.43 Å². The van der Waals surface area contributed by atoms with Gasteiger partial charge < -0.3 is 4.74 Å². The molecule has 0 aliphatic heterocycles. The summed E-state index contributed by atoms with van der Waals surface area (Å²) in [5.74, 6) is 5.21. The van der Waals surface area contributed by atoms with Crippen LogP contribution >= 0.6 is 0 Å². The van der Waals surface area contributed by atoms with E-state index in [-0.39, 0.29) is 5.91 Å². The Morgan fingerprint density at radius 3 is 2.43 bits per heavy atom. The Morgan fingerprint density at radius 2 is 1.78 bits per heavy atom. The molecule has 3 N–H and O–H groups in total. The smallest absolute Gasteiger partial charge is 0.267 e. The first-order chi connectivity index (χ1) is 11.2. The number of hydrazine groups is 1. The second kappa shape index (κ2) is 5.94. The molecule has 2 aromatic carbocycles. The second-order valence-corrected chi connectivity index (χ2v) is 4.94. The zero-order valence-electron chi connectivity index (χ0n) is 12.4. The summed E-state index contributed by atoms with van der Waals surface area (Å²) in [6.07, 6.45) is 1.50. The third kappa shape index (κ3) is 2.56. The van der Waals surface area contributed by atoms with Gasteiger partial charge in [-0.1, -0.05) is 18.2 Å². The van der Waals surface area contributed by atoms with Crippen LogP contribution in [0.3, 0.4) is 0 Å². The number of hydrogen-bond acceptors (Lipinski definition) is 4. The molecule has 6 nitrogen and oxygen atoms in total. The molecular weight excluding hydrogens is 294 g/mol. The Labute approximate surface area is 132 Å². The summed E-state index contributed by atoms with van der Waals surface area (Å²) in [6.45, 7) is 0. The number of hydrogen-bond donors (Lipinski definition) is 2. The van der Waals surface area contributed by atoms with Gasteiger partial charge in [0.05, 0.1) is 18.2 Å². The summed E-state index contributed by atoms with van der Waals surface area (Å²) in [5.41, 5.74) is 3.59. The standard InChI is InChI=1S/C17H15N3O3/c1-23-12-8-6-11(7-9-12)17(22)20-10-14(16(21)19-18)13-4-2-3-5-15(13)20/h2-10H,18H2,1H3,(H,19,21). The monoisotopic (exact) mass is 309 g/mol. The van der Waals surface area contributed by atoms with Gasteiger partial charge in [-0.15, -0.1) is 0 Å². The quantitative estimate of drug-likeness (QED) is 0.440. The first kappa shape index (κ1) is 14.8. The van der Waals surface area contributed by atoms with E-state index in [0.29, 0.717) is 27.8 Å². The van der Waals surface area contributed by atoms with E-state index in [0.717, 1.165) is 0 Å². The first-order valence-electron chi connectivity index (χ1n) is 6.95. The second-order valence-electron chi connectivity index (χ2n) is 4.94. The number of benzene rings is 2. The molecule has 0 atom stereocenters. The molecule has 1 heterocycles. The minimum Gasteiger partial charge on any atom is -0.497 e. The van der Waals surface area contributed by atoms with Crippen LogP contribution in [0.4, 0.5) is 0 Å². The van der Waals surface area contributed by atoms with Gasteiger partial charge >= 0.3 is 0 Å². The van der Waals surface area contributed by atoms with Crippen molar-refractivity contribution in [2.75, 3.05) is 7.11 Å². The number of nitrogens with zero attached hydrogens (tertiary/aromatic N) is 1. The van der Waals surface area contributed by atoms with E-state index in [1.165, 1.54) is 10.8 Å². The van der Waals surface area contributed by atoms with Gasteiger partial charge in [-0.25, -0.2) is 5.84 Å². The summed E-state index contributed by atoms with van der Waals surface area (Å²) in [4.78, 5) is 24.6. The van der Waals surface area contributed by atoms with Gasteiger partial charge in [-0.05, 0) is 30.3 Å². The molecule has 0 aliphatic rings. The lowest BCUT2D eigenvalue weighted by Crippen LogP contribution is -2.29. The van der Waals surface area contributed by atoms with Gasteiger partial charge in [-0.2, -0.15) is 0 Å². The molecule has 0 saturated heterocycles. The predicted octanol–water partition coefficient (Wildman–Crippen LogP) is 1.94. The van der Waals surface area contributed by atoms with Crippen LogP contribution in [-0.2, 0) is 0 Å². The molecule has 3 rings (SSSR count). The number of nitrogens with one attached hydrogen (secondary N) is 1. The minimum absolute atomic E-state index is 0.236. The van der Waals surface area contributed by atoms with Gasteiger partial charge in [0.1, 0.15) is 5.75 Å². The zero-order chi connectivity index (χ0) is 16.4. The molecule has 0 unspecified atom stereocenters. The number of fused-ring (bicyclic) bond motifs is 1. The Morgan fingerprint density at radius 1 is 1.09 bits per heavy atom. The van der Waals surface area contributed by atoms with E-state index in [1.807, 2.05) is 6.07 Å². The van der Waals surface area contributed by atoms with Crippen molar-refractivity contribution < 1.29 is 14.3 Å². The number of nitrogen functional groups attached to an aromatic ring is 1. The Kier molecular flexibility index (Phi) is 3.82. The third-order valence-electron chi connectivity index (χ3n) is 3.64. The van der Waals surface area contributed by atoms with E-state index >= 15 is 0 Å². The fraction of sp³-hybridized carbons (Fsp3) is 0.0588. The largest absolute Gasteiger partial charge is 0.497 e. The molecule has 0 bridgehead atoms. The van der Waals surface area contributed by atoms with Crippen molar-refractivity contribution in [3.63, 3.8) is 0 Å². The Hall–Kier alpha value is -3.12. The van der Waals surface area contributed by atoms with Crippen molar-refractivity contribution in [2.45, 2.75) is 0 Å². The third-order valence-corrected chi connectivity index (χ3v) is 3.64. The Balaban J connectivity index is 2.11. The fourth-order valence-corrected chi connectivity index (χ4v) is 2.48. The van der Waals surface area contributed by atoms with Crippen LogP contribution in [0, 0.1) is 0 Å². The number of amides is 1. The fourth-order valence-electron chi connectivity index (χ4n) is 2.48. The van der Waals surface area contributed by atoms with Crippen LogP contribution in [0.2, 0.25) is 0 Å². The normalized spacial score (nSPS) is 10.5.